The molecule has 0 radical (unpaired) electrons. The Morgan fingerprint density at radius 2 is 2.00 bits per heavy atom. The van der Waals surface area contributed by atoms with Gasteiger partial charge in [0.1, 0.15) is 0 Å². The van der Waals surface area contributed by atoms with Crippen LogP contribution in [-0.4, -0.2) is 19.6 Å². The van der Waals surface area contributed by atoms with Crippen LogP contribution in [0.15, 0.2) is 18.2 Å². The summed E-state index contributed by atoms with van der Waals surface area (Å²) in [5.41, 5.74) is 2.62. The van der Waals surface area contributed by atoms with E-state index >= 15 is 0 Å². The lowest BCUT2D eigenvalue weighted by atomic mass is 10.1. The van der Waals surface area contributed by atoms with Crippen LogP contribution in [0.1, 0.15) is 46.1 Å². The van der Waals surface area contributed by atoms with Crippen LogP contribution in [0.25, 0.3) is 0 Å². The van der Waals surface area contributed by atoms with Crippen molar-refractivity contribution in [2.24, 2.45) is 5.92 Å². The molecule has 0 aliphatic heterocycles. The summed E-state index contributed by atoms with van der Waals surface area (Å²) >= 11 is 6.16. The number of nitrogens with zero attached hydrogens (tertiary/aromatic N) is 1. The molecular formula is C17H29ClN2. The molecule has 0 heterocycles. The largest absolute Gasteiger partial charge is 0.372 e. The van der Waals surface area contributed by atoms with E-state index in [9.17, 15) is 0 Å². The van der Waals surface area contributed by atoms with Gasteiger partial charge in [-0.25, -0.2) is 0 Å². The number of halogens is 1. The molecule has 0 aromatic heterocycles. The highest BCUT2D eigenvalue weighted by atomic mass is 35.5. The quantitative estimate of drug-likeness (QED) is 0.710. The van der Waals surface area contributed by atoms with Crippen molar-refractivity contribution < 1.29 is 0 Å². The van der Waals surface area contributed by atoms with E-state index in [1.807, 2.05) is 6.07 Å². The van der Waals surface area contributed by atoms with Crippen LogP contribution in [0.3, 0.4) is 0 Å². The SMILES string of the molecule is CCCCN(CC)c1ccc(Cl)cc1CNCC(C)C. The zero-order valence-electron chi connectivity index (χ0n) is 13.4. The first kappa shape index (κ1) is 17.3. The third-order valence-electron chi connectivity index (χ3n) is 3.41. The maximum absolute atomic E-state index is 6.16. The van der Waals surface area contributed by atoms with Gasteiger partial charge >= 0.3 is 0 Å². The number of unbranched alkanes of at least 4 members (excludes halogenated alkanes) is 1. The average molecular weight is 297 g/mol. The Bertz CT molecular complexity index is 391. The lowest BCUT2D eigenvalue weighted by molar-refractivity contribution is 0.552. The maximum Gasteiger partial charge on any atom is 0.0412 e. The molecule has 0 unspecified atom stereocenters. The van der Waals surface area contributed by atoms with Gasteiger partial charge in [0.05, 0.1) is 0 Å². The van der Waals surface area contributed by atoms with E-state index in [2.05, 4.69) is 50.0 Å². The third kappa shape index (κ3) is 5.72. The summed E-state index contributed by atoms with van der Waals surface area (Å²) in [6.45, 7) is 13.0. The number of benzene rings is 1. The van der Waals surface area contributed by atoms with Gasteiger partial charge in [0.15, 0.2) is 0 Å². The van der Waals surface area contributed by atoms with E-state index in [1.54, 1.807) is 0 Å². The number of hydrogen-bond acceptors (Lipinski definition) is 2. The van der Waals surface area contributed by atoms with Gasteiger partial charge in [-0.05, 0) is 49.6 Å². The first-order valence-corrected chi connectivity index (χ1v) is 8.20. The normalized spacial score (nSPS) is 11.1. The van der Waals surface area contributed by atoms with E-state index in [4.69, 9.17) is 11.6 Å². The summed E-state index contributed by atoms with van der Waals surface area (Å²) in [4.78, 5) is 2.45. The summed E-state index contributed by atoms with van der Waals surface area (Å²) in [6.07, 6.45) is 2.46. The number of nitrogens with one attached hydrogen (secondary N) is 1. The highest BCUT2D eigenvalue weighted by Gasteiger charge is 2.10. The standard InChI is InChI=1S/C17H29ClN2/c1-5-7-10-20(6-2)17-9-8-16(18)11-15(17)13-19-12-14(3)4/h8-9,11,14,19H,5-7,10,12-13H2,1-4H3. The van der Waals surface area contributed by atoms with Crippen molar-refractivity contribution in [2.45, 2.75) is 47.1 Å². The molecule has 0 fully saturated rings. The zero-order chi connectivity index (χ0) is 15.0. The molecule has 0 aliphatic rings. The fraction of sp³-hybridized carbons (Fsp3) is 0.647. The second-order valence-corrected chi connectivity index (χ2v) is 6.17. The van der Waals surface area contributed by atoms with Gasteiger partial charge in [-0.15, -0.1) is 0 Å². The Labute approximate surface area is 129 Å². The maximum atomic E-state index is 6.16. The summed E-state index contributed by atoms with van der Waals surface area (Å²) in [6, 6.07) is 6.25. The molecule has 20 heavy (non-hydrogen) atoms. The smallest absolute Gasteiger partial charge is 0.0412 e. The highest BCUT2D eigenvalue weighted by molar-refractivity contribution is 6.30. The van der Waals surface area contributed by atoms with Crippen molar-refractivity contribution in [3.8, 4) is 0 Å². The summed E-state index contributed by atoms with van der Waals surface area (Å²) in [5.74, 6) is 0.667. The minimum atomic E-state index is 0.667. The number of hydrogen-bond donors (Lipinski definition) is 1. The fourth-order valence-electron chi connectivity index (χ4n) is 2.30. The molecule has 114 valence electrons. The lowest BCUT2D eigenvalue weighted by Gasteiger charge is -2.26. The predicted octanol–water partition coefficient (Wildman–Crippen LogP) is 4.71. The zero-order valence-corrected chi connectivity index (χ0v) is 14.1. The van der Waals surface area contributed by atoms with Crippen molar-refractivity contribution in [3.63, 3.8) is 0 Å². The van der Waals surface area contributed by atoms with Gasteiger partial charge in [0.25, 0.3) is 0 Å². The number of anilines is 1. The second kappa shape index (κ2) is 9.25. The first-order valence-electron chi connectivity index (χ1n) is 7.82. The minimum absolute atomic E-state index is 0.667. The molecule has 0 bridgehead atoms. The molecule has 0 spiro atoms. The Morgan fingerprint density at radius 3 is 2.60 bits per heavy atom. The van der Waals surface area contributed by atoms with Crippen LogP contribution < -0.4 is 10.2 Å². The van der Waals surface area contributed by atoms with Gasteiger partial charge in [0, 0.05) is 30.3 Å². The fourth-order valence-corrected chi connectivity index (χ4v) is 2.49. The van der Waals surface area contributed by atoms with Gasteiger partial charge < -0.3 is 10.2 Å². The van der Waals surface area contributed by atoms with E-state index in [-0.39, 0.29) is 0 Å². The van der Waals surface area contributed by atoms with Crippen LogP contribution in [0.4, 0.5) is 5.69 Å². The predicted molar refractivity (Wildman–Crippen MR) is 90.8 cm³/mol. The molecule has 0 saturated heterocycles. The highest BCUT2D eigenvalue weighted by Crippen LogP contribution is 2.25. The molecular weight excluding hydrogens is 268 g/mol. The second-order valence-electron chi connectivity index (χ2n) is 5.73. The topological polar surface area (TPSA) is 15.3 Å². The molecule has 0 saturated carbocycles. The Kier molecular flexibility index (Phi) is 8.01. The van der Waals surface area contributed by atoms with E-state index in [0.717, 1.165) is 31.2 Å². The number of rotatable bonds is 9. The molecule has 0 aliphatic carbocycles. The Morgan fingerprint density at radius 1 is 1.25 bits per heavy atom. The summed E-state index contributed by atoms with van der Waals surface area (Å²) in [7, 11) is 0. The van der Waals surface area contributed by atoms with Crippen molar-refractivity contribution in [1.29, 1.82) is 0 Å². The van der Waals surface area contributed by atoms with Crippen LogP contribution >= 0.6 is 11.6 Å². The van der Waals surface area contributed by atoms with Crippen LogP contribution in [0.5, 0.6) is 0 Å². The molecule has 1 aromatic carbocycles. The van der Waals surface area contributed by atoms with Crippen molar-refractivity contribution in [2.75, 3.05) is 24.5 Å². The van der Waals surface area contributed by atoms with E-state index < -0.39 is 0 Å². The van der Waals surface area contributed by atoms with Crippen LogP contribution in [0.2, 0.25) is 5.02 Å². The summed E-state index contributed by atoms with van der Waals surface area (Å²) in [5, 5.41) is 4.34. The van der Waals surface area contributed by atoms with Crippen molar-refractivity contribution in [3.05, 3.63) is 28.8 Å². The van der Waals surface area contributed by atoms with Crippen molar-refractivity contribution in [1.82, 2.24) is 5.32 Å². The van der Waals surface area contributed by atoms with Crippen molar-refractivity contribution >= 4 is 17.3 Å². The van der Waals surface area contributed by atoms with Gasteiger partial charge in [-0.1, -0.05) is 38.8 Å². The van der Waals surface area contributed by atoms with Crippen LogP contribution in [-0.2, 0) is 6.54 Å². The first-order chi connectivity index (χ1) is 9.58. The molecule has 3 heteroatoms. The van der Waals surface area contributed by atoms with E-state index in [1.165, 1.54) is 24.1 Å². The monoisotopic (exact) mass is 296 g/mol. The van der Waals surface area contributed by atoms with E-state index in [0.29, 0.717) is 5.92 Å². The van der Waals surface area contributed by atoms with Gasteiger partial charge in [-0.2, -0.15) is 0 Å². The minimum Gasteiger partial charge on any atom is -0.372 e. The van der Waals surface area contributed by atoms with Gasteiger partial charge in [-0.3, -0.25) is 0 Å². The van der Waals surface area contributed by atoms with Gasteiger partial charge in [0.2, 0.25) is 0 Å². The Hall–Kier alpha value is -0.730. The molecule has 1 aromatic rings. The lowest BCUT2D eigenvalue weighted by Crippen LogP contribution is -2.27. The molecule has 0 atom stereocenters. The Balaban J connectivity index is 2.81. The van der Waals surface area contributed by atoms with Crippen LogP contribution in [0, 0.1) is 5.92 Å². The third-order valence-corrected chi connectivity index (χ3v) is 3.65. The molecule has 2 nitrogen and oxygen atoms in total. The summed E-state index contributed by atoms with van der Waals surface area (Å²) < 4.78 is 0. The molecule has 1 N–H and O–H groups in total. The molecule has 0 amide bonds. The average Bonchev–Trinajstić information content (AvgIpc) is 2.41. The molecule has 1 rings (SSSR count).